The van der Waals surface area contributed by atoms with Gasteiger partial charge >= 0.3 is 0 Å². The molecule has 0 aliphatic rings. The predicted octanol–water partition coefficient (Wildman–Crippen LogP) is 0.834. The van der Waals surface area contributed by atoms with Crippen LogP contribution in [-0.4, -0.2) is 15.0 Å². The summed E-state index contributed by atoms with van der Waals surface area (Å²) in [4.78, 5) is 12.2. The van der Waals surface area contributed by atoms with E-state index in [4.69, 9.17) is 5.11 Å². The zero-order valence-electron chi connectivity index (χ0n) is 5.19. The molecule has 0 saturated heterocycles. The summed E-state index contributed by atoms with van der Waals surface area (Å²) < 4.78 is 12.2. The van der Waals surface area contributed by atoms with E-state index in [-0.39, 0.29) is 0 Å². The molecule has 0 aromatic carbocycles. The molecule has 58 valence electrons. The summed E-state index contributed by atoms with van der Waals surface area (Å²) in [5.74, 6) is -1.94. The fourth-order valence-electron chi connectivity index (χ4n) is 0.526. The molecule has 1 aromatic heterocycles. The van der Waals surface area contributed by atoms with Gasteiger partial charge in [0.1, 0.15) is 6.20 Å². The molecule has 0 spiro atoms. The van der Waals surface area contributed by atoms with Gasteiger partial charge in [0, 0.05) is 0 Å². The van der Waals surface area contributed by atoms with Crippen molar-refractivity contribution in [3.05, 3.63) is 28.3 Å². The highest BCUT2D eigenvalue weighted by atomic mass is 19.1. The van der Waals surface area contributed by atoms with Crippen LogP contribution in [0.4, 0.5) is 10.1 Å². The lowest BCUT2D eigenvalue weighted by atomic mass is 10.4. The molecular formula is C5H3FN2O3. The molecule has 6 heteroatoms. The highest BCUT2D eigenvalue weighted by Gasteiger charge is 2.10. The number of aromatic nitrogens is 1. The van der Waals surface area contributed by atoms with Crippen molar-refractivity contribution in [1.82, 2.24) is 4.98 Å². The maximum Gasteiger partial charge on any atom is 0.291 e. The van der Waals surface area contributed by atoms with Gasteiger partial charge in [0.05, 0.1) is 11.0 Å². The van der Waals surface area contributed by atoms with E-state index in [0.29, 0.717) is 6.07 Å². The second-order valence-electron chi connectivity index (χ2n) is 1.76. The van der Waals surface area contributed by atoms with Crippen molar-refractivity contribution in [2.45, 2.75) is 0 Å². The number of hydrogen-bond donors (Lipinski definition) is 1. The van der Waals surface area contributed by atoms with Crippen LogP contribution in [0, 0.1) is 16.1 Å². The first kappa shape index (κ1) is 7.39. The predicted molar refractivity (Wildman–Crippen MR) is 32.5 cm³/mol. The number of halogens is 1. The molecule has 1 heterocycles. The molecule has 0 aliphatic heterocycles. The number of pyridine rings is 1. The molecule has 0 aliphatic carbocycles. The lowest BCUT2D eigenvalue weighted by Gasteiger charge is -1.92. The summed E-state index contributed by atoms with van der Waals surface area (Å²) in [6.07, 6.45) is 0.731. The number of rotatable bonds is 1. The van der Waals surface area contributed by atoms with Crippen molar-refractivity contribution in [1.29, 1.82) is 0 Å². The Morgan fingerprint density at radius 3 is 2.82 bits per heavy atom. The van der Waals surface area contributed by atoms with E-state index in [1.165, 1.54) is 0 Å². The SMILES string of the molecule is O=[N+]([O-])c1cnc(F)c(O)c1. The fraction of sp³-hybridized carbons (Fsp3) is 0. The highest BCUT2D eigenvalue weighted by molar-refractivity contribution is 5.33. The summed E-state index contributed by atoms with van der Waals surface area (Å²) >= 11 is 0. The molecule has 0 atom stereocenters. The van der Waals surface area contributed by atoms with E-state index in [0.717, 1.165) is 6.20 Å². The Labute approximate surface area is 60.3 Å². The van der Waals surface area contributed by atoms with Gasteiger partial charge in [0.2, 0.25) is 0 Å². The van der Waals surface area contributed by atoms with Crippen LogP contribution >= 0.6 is 0 Å². The van der Waals surface area contributed by atoms with Crippen molar-refractivity contribution in [2.24, 2.45) is 0 Å². The molecule has 5 nitrogen and oxygen atoms in total. The van der Waals surface area contributed by atoms with E-state index in [2.05, 4.69) is 4.98 Å². The van der Waals surface area contributed by atoms with Gasteiger partial charge in [-0.05, 0) is 0 Å². The van der Waals surface area contributed by atoms with Crippen LogP contribution < -0.4 is 0 Å². The van der Waals surface area contributed by atoms with Gasteiger partial charge in [-0.15, -0.1) is 0 Å². The minimum absolute atomic E-state index is 0.441. The zero-order valence-corrected chi connectivity index (χ0v) is 5.19. The smallest absolute Gasteiger partial charge is 0.291 e. The monoisotopic (exact) mass is 158 g/mol. The van der Waals surface area contributed by atoms with Crippen LogP contribution in [0.3, 0.4) is 0 Å². The summed E-state index contributed by atoms with van der Waals surface area (Å²) in [5.41, 5.74) is -0.441. The van der Waals surface area contributed by atoms with Crippen LogP contribution in [0.1, 0.15) is 0 Å². The van der Waals surface area contributed by atoms with E-state index in [1.807, 2.05) is 0 Å². The Kier molecular flexibility index (Phi) is 1.67. The number of aromatic hydroxyl groups is 1. The molecule has 0 fully saturated rings. The molecular weight excluding hydrogens is 155 g/mol. The van der Waals surface area contributed by atoms with Crippen LogP contribution in [-0.2, 0) is 0 Å². The largest absolute Gasteiger partial charge is 0.503 e. The van der Waals surface area contributed by atoms with Gasteiger partial charge in [-0.3, -0.25) is 10.1 Å². The van der Waals surface area contributed by atoms with Gasteiger partial charge in [0.15, 0.2) is 5.75 Å². The molecule has 0 unspecified atom stereocenters. The van der Waals surface area contributed by atoms with Gasteiger partial charge < -0.3 is 5.11 Å². The Morgan fingerprint density at radius 2 is 2.36 bits per heavy atom. The maximum absolute atomic E-state index is 12.2. The number of nitro groups is 1. The molecule has 0 radical (unpaired) electrons. The minimum Gasteiger partial charge on any atom is -0.503 e. The first-order valence-corrected chi connectivity index (χ1v) is 2.60. The van der Waals surface area contributed by atoms with Gasteiger partial charge in [0.25, 0.3) is 11.6 Å². The van der Waals surface area contributed by atoms with Crippen molar-refractivity contribution < 1.29 is 14.4 Å². The Balaban J connectivity index is 3.15. The van der Waals surface area contributed by atoms with E-state index in [1.54, 1.807) is 0 Å². The summed E-state index contributed by atoms with van der Waals surface area (Å²) in [6, 6.07) is 0.697. The highest BCUT2D eigenvalue weighted by Crippen LogP contribution is 2.18. The average molecular weight is 158 g/mol. The second-order valence-corrected chi connectivity index (χ2v) is 1.76. The molecule has 1 N–H and O–H groups in total. The van der Waals surface area contributed by atoms with E-state index >= 15 is 0 Å². The third kappa shape index (κ3) is 1.40. The van der Waals surface area contributed by atoms with Crippen LogP contribution in [0.5, 0.6) is 5.75 Å². The topological polar surface area (TPSA) is 76.3 Å². The molecule has 1 aromatic rings. The van der Waals surface area contributed by atoms with Gasteiger partial charge in [-0.25, -0.2) is 4.98 Å². The van der Waals surface area contributed by atoms with Crippen LogP contribution in [0.25, 0.3) is 0 Å². The lowest BCUT2D eigenvalue weighted by Crippen LogP contribution is -1.90. The van der Waals surface area contributed by atoms with Gasteiger partial charge in [-0.1, -0.05) is 0 Å². The fourth-order valence-corrected chi connectivity index (χ4v) is 0.526. The Morgan fingerprint density at radius 1 is 1.73 bits per heavy atom. The summed E-state index contributed by atoms with van der Waals surface area (Å²) in [5, 5.41) is 18.6. The van der Waals surface area contributed by atoms with Crippen LogP contribution in [0.2, 0.25) is 0 Å². The Bertz CT molecular complexity index is 302. The molecule has 0 bridgehead atoms. The third-order valence-electron chi connectivity index (χ3n) is 1.02. The normalized spacial score (nSPS) is 9.55. The average Bonchev–Trinajstić information content (AvgIpc) is 1.94. The zero-order chi connectivity index (χ0) is 8.43. The van der Waals surface area contributed by atoms with Crippen molar-refractivity contribution in [3.63, 3.8) is 0 Å². The van der Waals surface area contributed by atoms with Crippen molar-refractivity contribution >= 4 is 5.69 Å². The molecule has 1 rings (SSSR count). The third-order valence-corrected chi connectivity index (χ3v) is 1.02. The first-order chi connectivity index (χ1) is 5.11. The van der Waals surface area contributed by atoms with E-state index in [9.17, 15) is 14.5 Å². The number of hydrogen-bond acceptors (Lipinski definition) is 4. The van der Waals surface area contributed by atoms with Crippen molar-refractivity contribution in [3.8, 4) is 5.75 Å². The van der Waals surface area contributed by atoms with E-state index < -0.39 is 22.3 Å². The maximum atomic E-state index is 12.2. The summed E-state index contributed by atoms with van der Waals surface area (Å²) in [7, 11) is 0. The van der Waals surface area contributed by atoms with Crippen molar-refractivity contribution in [2.75, 3.05) is 0 Å². The summed E-state index contributed by atoms with van der Waals surface area (Å²) in [6.45, 7) is 0. The van der Waals surface area contributed by atoms with Gasteiger partial charge in [-0.2, -0.15) is 4.39 Å². The quantitative estimate of drug-likeness (QED) is 0.373. The van der Waals surface area contributed by atoms with Crippen LogP contribution in [0.15, 0.2) is 12.3 Å². The Hall–Kier alpha value is -1.72. The minimum atomic E-state index is -1.12. The molecule has 11 heavy (non-hydrogen) atoms. The molecule has 0 amide bonds. The number of nitrogens with zero attached hydrogens (tertiary/aromatic N) is 2. The standard InChI is InChI=1S/C5H3FN2O3/c6-5-4(9)1-3(2-7-5)8(10)11/h1-2,9H. The lowest BCUT2D eigenvalue weighted by molar-refractivity contribution is -0.385. The first-order valence-electron chi connectivity index (χ1n) is 2.60. The molecule has 0 saturated carbocycles. The second kappa shape index (κ2) is 2.49.